The van der Waals surface area contributed by atoms with E-state index in [2.05, 4.69) is 29.0 Å². The summed E-state index contributed by atoms with van der Waals surface area (Å²) in [4.78, 5) is 31.1. The molecule has 3 aliphatic rings. The van der Waals surface area contributed by atoms with Crippen molar-refractivity contribution in [3.8, 4) is 34.8 Å². The Labute approximate surface area is 297 Å². The van der Waals surface area contributed by atoms with E-state index in [0.29, 0.717) is 17.7 Å². The van der Waals surface area contributed by atoms with Crippen molar-refractivity contribution in [3.63, 3.8) is 0 Å². The number of aliphatic hydroxyl groups excluding tert-OH is 1. The number of hydrogen-bond acceptors (Lipinski definition) is 8. The lowest BCUT2D eigenvalue weighted by atomic mass is 9.69. The maximum atomic E-state index is 14.2. The molecule has 3 aromatic carbocycles. The summed E-state index contributed by atoms with van der Waals surface area (Å²) in [6.07, 6.45) is 4.26. The molecular weight excluding hydrogens is 646 g/mol. The zero-order chi connectivity index (χ0) is 35.6. The van der Waals surface area contributed by atoms with Crippen molar-refractivity contribution in [2.45, 2.75) is 75.9 Å². The van der Waals surface area contributed by atoms with Crippen LogP contribution in [0.2, 0.25) is 0 Å². The molecular formula is C42H43NO8. The number of carbonyl (C=O) groups excluding carboxylic acids is 2. The molecule has 1 fully saturated rings. The minimum atomic E-state index is -1.21. The Bertz CT molecular complexity index is 2070. The van der Waals surface area contributed by atoms with Crippen LogP contribution in [0.5, 0.6) is 23.0 Å². The number of ether oxygens (including phenoxy) is 3. The Balaban J connectivity index is 1.35. The number of esters is 1. The van der Waals surface area contributed by atoms with Gasteiger partial charge in [0.25, 0.3) is 0 Å². The van der Waals surface area contributed by atoms with Crippen molar-refractivity contribution in [1.82, 2.24) is 4.98 Å². The lowest BCUT2D eigenvalue weighted by Gasteiger charge is -2.35. The maximum absolute atomic E-state index is 14.2. The summed E-state index contributed by atoms with van der Waals surface area (Å²) in [6, 6.07) is 16.5. The largest absolute Gasteiger partial charge is 0.504 e. The molecule has 0 radical (unpaired) electrons. The molecule has 1 aliphatic heterocycles. The number of phenols is 2. The molecule has 9 nitrogen and oxygen atoms in total. The number of cyclic esters (lactones) is 1. The number of aromatic nitrogens is 1. The van der Waals surface area contributed by atoms with E-state index in [0.717, 1.165) is 64.5 Å². The Hall–Kier alpha value is -5.20. The van der Waals surface area contributed by atoms with Gasteiger partial charge in [-0.3, -0.25) is 9.59 Å². The van der Waals surface area contributed by atoms with Gasteiger partial charge in [0.15, 0.2) is 23.0 Å². The van der Waals surface area contributed by atoms with Gasteiger partial charge < -0.3 is 34.5 Å². The molecule has 5 unspecified atom stereocenters. The van der Waals surface area contributed by atoms with E-state index in [1.807, 2.05) is 24.3 Å². The third kappa shape index (κ3) is 6.93. The number of nitrogens with one attached hydrogen (secondary N) is 1. The summed E-state index contributed by atoms with van der Waals surface area (Å²) in [7, 11) is 2.96. The first-order chi connectivity index (χ1) is 24.7. The molecule has 9 heteroatoms. The molecule has 1 aromatic heterocycles. The number of para-hydroxylation sites is 1. The molecule has 1 saturated carbocycles. The number of benzene rings is 3. The number of fused-ring (bicyclic) bond motifs is 6. The molecule has 2 heterocycles. The molecule has 2 bridgehead atoms. The number of rotatable bonds is 5. The molecule has 2 aliphatic carbocycles. The fourth-order valence-electron chi connectivity index (χ4n) is 8.34. The summed E-state index contributed by atoms with van der Waals surface area (Å²) in [5, 5.41) is 33.7. The van der Waals surface area contributed by atoms with E-state index in [1.165, 1.54) is 20.3 Å². The lowest BCUT2D eigenvalue weighted by Crippen LogP contribution is -2.35. The molecule has 4 aromatic rings. The van der Waals surface area contributed by atoms with Crippen LogP contribution in [0.1, 0.15) is 78.8 Å². The van der Waals surface area contributed by atoms with Crippen molar-refractivity contribution in [3.05, 3.63) is 88.6 Å². The van der Waals surface area contributed by atoms with Gasteiger partial charge in [-0.05, 0) is 83.2 Å². The summed E-state index contributed by atoms with van der Waals surface area (Å²) < 4.78 is 16.7. The van der Waals surface area contributed by atoms with Gasteiger partial charge in [0.1, 0.15) is 18.3 Å². The third-order valence-electron chi connectivity index (χ3n) is 10.8. The van der Waals surface area contributed by atoms with Gasteiger partial charge in [0.2, 0.25) is 0 Å². The summed E-state index contributed by atoms with van der Waals surface area (Å²) >= 11 is 0. The van der Waals surface area contributed by atoms with Crippen LogP contribution in [0, 0.1) is 23.7 Å². The smallest absolute Gasteiger partial charge is 0.318 e. The predicted octanol–water partition coefficient (Wildman–Crippen LogP) is 6.75. The third-order valence-corrected chi connectivity index (χ3v) is 10.8. The van der Waals surface area contributed by atoms with E-state index >= 15 is 0 Å². The van der Waals surface area contributed by atoms with Crippen LogP contribution in [0.25, 0.3) is 16.5 Å². The SMILES string of the molecule is COc1cc(CC(O)C2CC(=O)CC3c4cc(OC)c(O)cc4C(=CC4CCCCC43)c3[nH]c4ccccc4c3CC#CCC(=O)O2)ccc1O. The zero-order valence-corrected chi connectivity index (χ0v) is 28.9. The number of hydrogen-bond donors (Lipinski definition) is 4. The van der Waals surface area contributed by atoms with E-state index in [4.69, 9.17) is 14.2 Å². The number of H-pyrrole nitrogens is 1. The van der Waals surface area contributed by atoms with Crippen LogP contribution in [-0.4, -0.2) is 58.5 Å². The number of methoxy groups -OCH3 is 2. The van der Waals surface area contributed by atoms with E-state index < -0.39 is 18.2 Å². The van der Waals surface area contributed by atoms with Crippen LogP contribution in [0.4, 0.5) is 0 Å². The minimum Gasteiger partial charge on any atom is -0.504 e. The number of phenolic OH excluding ortho intramolecular Hbond substituents is 2. The second-order valence-corrected chi connectivity index (χ2v) is 13.9. The highest BCUT2D eigenvalue weighted by atomic mass is 16.6. The van der Waals surface area contributed by atoms with Gasteiger partial charge >= 0.3 is 5.97 Å². The Morgan fingerprint density at radius 1 is 0.922 bits per heavy atom. The molecule has 0 spiro atoms. The standard InChI is InChI=1S/C42H43NO8/c1-49-38-18-24(15-16-35(38)45)17-36(46)40-21-26(44)20-30-27-10-4-3-9-25(27)19-33(31-22-37(47)39(50-2)23-32(30)31)42-29(12-6-8-14-41(48)51-40)28-11-5-7-13-34(28)43-42/h5,7,11,13,15-16,18-19,22-23,25,27,30,36,40,43,45-47H,3-4,9-10,12,14,17,20-21H2,1-2H3. The number of ketones is 1. The van der Waals surface area contributed by atoms with E-state index in [1.54, 1.807) is 18.2 Å². The van der Waals surface area contributed by atoms with Gasteiger partial charge in [-0.15, -0.1) is 0 Å². The summed E-state index contributed by atoms with van der Waals surface area (Å²) in [5.74, 6) is 6.09. The Morgan fingerprint density at radius 3 is 2.51 bits per heavy atom. The van der Waals surface area contributed by atoms with Crippen LogP contribution >= 0.6 is 0 Å². The Kier molecular flexibility index (Phi) is 9.79. The molecule has 5 atom stereocenters. The van der Waals surface area contributed by atoms with Gasteiger partial charge in [-0.25, -0.2) is 0 Å². The van der Waals surface area contributed by atoms with Crippen molar-refractivity contribution < 1.29 is 39.1 Å². The number of aliphatic hydroxyl groups is 1. The fraction of sp³-hybridized carbons (Fsp3) is 0.381. The van der Waals surface area contributed by atoms with Gasteiger partial charge in [-0.2, -0.15) is 0 Å². The number of aromatic hydroxyl groups is 2. The van der Waals surface area contributed by atoms with Crippen LogP contribution < -0.4 is 9.47 Å². The second kappa shape index (κ2) is 14.6. The topological polar surface area (TPSA) is 138 Å². The van der Waals surface area contributed by atoms with Gasteiger partial charge in [-0.1, -0.05) is 55.0 Å². The summed E-state index contributed by atoms with van der Waals surface area (Å²) in [5.41, 5.74) is 6.25. The highest BCUT2D eigenvalue weighted by Crippen LogP contribution is 2.51. The van der Waals surface area contributed by atoms with Crippen molar-refractivity contribution in [2.75, 3.05) is 14.2 Å². The molecule has 7 rings (SSSR count). The van der Waals surface area contributed by atoms with Gasteiger partial charge in [0, 0.05) is 42.2 Å². The van der Waals surface area contributed by atoms with Crippen LogP contribution in [-0.2, 0) is 27.2 Å². The Morgan fingerprint density at radius 2 is 1.69 bits per heavy atom. The molecule has 0 saturated heterocycles. The van der Waals surface area contributed by atoms with Crippen LogP contribution in [0.3, 0.4) is 0 Å². The lowest BCUT2D eigenvalue weighted by molar-refractivity contribution is -0.155. The minimum absolute atomic E-state index is 0.0184. The van der Waals surface area contributed by atoms with E-state index in [-0.39, 0.29) is 66.5 Å². The normalized spacial score (nSPS) is 22.7. The zero-order valence-electron chi connectivity index (χ0n) is 28.9. The number of carbonyl (C=O) groups is 2. The van der Waals surface area contributed by atoms with Gasteiger partial charge in [0.05, 0.1) is 26.0 Å². The summed E-state index contributed by atoms with van der Waals surface area (Å²) in [6.45, 7) is 0. The van der Waals surface area contributed by atoms with Crippen LogP contribution in [0.15, 0.2) is 60.7 Å². The van der Waals surface area contributed by atoms with Crippen molar-refractivity contribution >= 4 is 28.2 Å². The highest BCUT2D eigenvalue weighted by Gasteiger charge is 2.39. The highest BCUT2D eigenvalue weighted by molar-refractivity contribution is 5.94. The first-order valence-corrected chi connectivity index (χ1v) is 17.7. The number of aromatic amines is 1. The van der Waals surface area contributed by atoms with Crippen molar-refractivity contribution in [2.24, 2.45) is 11.8 Å². The quantitative estimate of drug-likeness (QED) is 0.134. The number of allylic oxidation sites excluding steroid dienone is 1. The van der Waals surface area contributed by atoms with E-state index in [9.17, 15) is 24.9 Å². The molecule has 264 valence electrons. The average Bonchev–Trinajstić information content (AvgIpc) is 3.43. The monoisotopic (exact) mass is 689 g/mol. The average molecular weight is 690 g/mol. The molecule has 51 heavy (non-hydrogen) atoms. The molecule has 0 amide bonds. The first kappa shape index (κ1) is 34.3. The predicted molar refractivity (Wildman–Crippen MR) is 193 cm³/mol. The number of Topliss-reactive ketones (excluding diaryl/α,β-unsaturated/α-hetero) is 1. The maximum Gasteiger partial charge on any atom is 0.318 e. The van der Waals surface area contributed by atoms with Crippen molar-refractivity contribution in [1.29, 1.82) is 0 Å². The first-order valence-electron chi connectivity index (χ1n) is 17.7. The second-order valence-electron chi connectivity index (χ2n) is 13.9. The molecule has 4 N–H and O–H groups in total. The fourth-order valence-corrected chi connectivity index (χ4v) is 8.34.